The van der Waals surface area contributed by atoms with Gasteiger partial charge in [-0.3, -0.25) is 4.57 Å². The van der Waals surface area contributed by atoms with Gasteiger partial charge < -0.3 is 5.73 Å². The minimum atomic E-state index is -0.163. The van der Waals surface area contributed by atoms with E-state index in [4.69, 9.17) is 5.73 Å². The minimum absolute atomic E-state index is 0.163. The molecule has 0 amide bonds. The van der Waals surface area contributed by atoms with E-state index < -0.39 is 0 Å². The zero-order chi connectivity index (χ0) is 10.7. The Hall–Kier alpha value is -1.16. The molecule has 4 heteroatoms. The van der Waals surface area contributed by atoms with Gasteiger partial charge in [0.1, 0.15) is 0 Å². The molecule has 1 fully saturated rings. The van der Waals surface area contributed by atoms with E-state index >= 15 is 0 Å². The van der Waals surface area contributed by atoms with Gasteiger partial charge in [-0.05, 0) is 31.2 Å². The van der Waals surface area contributed by atoms with Gasteiger partial charge in [-0.25, -0.2) is 9.78 Å². The van der Waals surface area contributed by atoms with Crippen LogP contribution in [-0.2, 0) is 6.54 Å². The van der Waals surface area contributed by atoms with Gasteiger partial charge in [0.15, 0.2) is 0 Å². The van der Waals surface area contributed by atoms with Crippen LogP contribution in [0.1, 0.15) is 25.7 Å². The van der Waals surface area contributed by atoms with E-state index in [-0.39, 0.29) is 5.69 Å². The van der Waals surface area contributed by atoms with Crippen molar-refractivity contribution >= 4 is 0 Å². The van der Waals surface area contributed by atoms with Crippen molar-refractivity contribution in [3.05, 3.63) is 28.9 Å². The van der Waals surface area contributed by atoms with Gasteiger partial charge in [-0.2, -0.15) is 0 Å². The first-order valence-electron chi connectivity index (χ1n) is 5.54. The number of hydrogen-bond acceptors (Lipinski definition) is 3. The Bertz CT molecular complexity index is 374. The third-order valence-corrected chi connectivity index (χ3v) is 3.24. The van der Waals surface area contributed by atoms with E-state index in [2.05, 4.69) is 4.98 Å². The molecule has 0 spiro atoms. The van der Waals surface area contributed by atoms with E-state index in [9.17, 15) is 4.79 Å². The first-order valence-corrected chi connectivity index (χ1v) is 5.54. The summed E-state index contributed by atoms with van der Waals surface area (Å²) in [6.07, 6.45) is 7.87. The van der Waals surface area contributed by atoms with Crippen LogP contribution >= 0.6 is 0 Å². The van der Waals surface area contributed by atoms with Crippen molar-refractivity contribution < 1.29 is 0 Å². The fraction of sp³-hybridized carbons (Fsp3) is 0.636. The van der Waals surface area contributed by atoms with Crippen molar-refractivity contribution in [2.24, 2.45) is 11.7 Å². The van der Waals surface area contributed by atoms with Gasteiger partial charge in [0.25, 0.3) is 0 Å². The number of aryl methyl sites for hydroxylation is 1. The molecule has 0 radical (unpaired) electrons. The minimum Gasteiger partial charge on any atom is -0.327 e. The molecule has 2 rings (SSSR count). The molecule has 2 N–H and O–H groups in total. The molecule has 82 valence electrons. The summed E-state index contributed by atoms with van der Waals surface area (Å²) in [5.74, 6) is 0.581. The molecule has 1 aliphatic carbocycles. The lowest BCUT2D eigenvalue weighted by Crippen LogP contribution is -2.28. The van der Waals surface area contributed by atoms with Crippen LogP contribution in [-0.4, -0.2) is 15.6 Å². The van der Waals surface area contributed by atoms with E-state index in [1.807, 2.05) is 0 Å². The molecule has 1 aliphatic rings. The summed E-state index contributed by atoms with van der Waals surface area (Å²) >= 11 is 0. The summed E-state index contributed by atoms with van der Waals surface area (Å²) in [7, 11) is 0. The summed E-state index contributed by atoms with van der Waals surface area (Å²) in [6, 6.07) is 2.12. The summed E-state index contributed by atoms with van der Waals surface area (Å²) in [5, 5.41) is 0. The molecule has 0 bridgehead atoms. The van der Waals surface area contributed by atoms with Crippen molar-refractivity contribution in [1.82, 2.24) is 9.55 Å². The third kappa shape index (κ3) is 2.45. The average Bonchev–Trinajstić information content (AvgIpc) is 2.63. The Morgan fingerprint density at radius 3 is 3.07 bits per heavy atom. The highest BCUT2D eigenvalue weighted by Gasteiger charge is 2.23. The number of rotatable bonds is 3. The van der Waals surface area contributed by atoms with Crippen molar-refractivity contribution in [3.8, 4) is 0 Å². The second-order valence-electron chi connectivity index (χ2n) is 4.24. The van der Waals surface area contributed by atoms with Gasteiger partial charge >= 0.3 is 5.69 Å². The Labute approximate surface area is 89.1 Å². The maximum atomic E-state index is 11.3. The molecular weight excluding hydrogens is 190 g/mol. The van der Waals surface area contributed by atoms with Crippen LogP contribution in [0.15, 0.2) is 23.3 Å². The molecule has 0 aliphatic heterocycles. The van der Waals surface area contributed by atoms with E-state index in [1.165, 1.54) is 19.0 Å². The van der Waals surface area contributed by atoms with Crippen molar-refractivity contribution in [3.63, 3.8) is 0 Å². The zero-order valence-electron chi connectivity index (χ0n) is 8.80. The maximum absolute atomic E-state index is 11.3. The smallest absolute Gasteiger partial charge is 0.327 e. The predicted molar refractivity (Wildman–Crippen MR) is 58.4 cm³/mol. The van der Waals surface area contributed by atoms with E-state index in [1.54, 1.807) is 16.8 Å². The number of aromatic nitrogens is 2. The molecule has 1 heterocycles. The summed E-state index contributed by atoms with van der Waals surface area (Å²) in [6.45, 7) is 0.741. The lowest BCUT2D eigenvalue weighted by Gasteiger charge is -2.15. The monoisotopic (exact) mass is 207 g/mol. The summed E-state index contributed by atoms with van der Waals surface area (Å²) < 4.78 is 1.66. The third-order valence-electron chi connectivity index (χ3n) is 3.24. The second kappa shape index (κ2) is 4.57. The number of nitrogens with two attached hydrogens (primary N) is 1. The average molecular weight is 207 g/mol. The lowest BCUT2D eigenvalue weighted by atomic mass is 10.0. The standard InChI is InChI=1S/C11H17N3O/c12-10-4-1-3-9(10)5-8-14-7-2-6-13-11(14)15/h2,6-7,9-10H,1,3-5,8,12H2. The van der Waals surface area contributed by atoms with Gasteiger partial charge in [0.2, 0.25) is 0 Å². The molecule has 2 unspecified atom stereocenters. The fourth-order valence-corrected chi connectivity index (χ4v) is 2.29. The van der Waals surface area contributed by atoms with Gasteiger partial charge in [0.05, 0.1) is 0 Å². The molecule has 2 atom stereocenters. The molecule has 1 aromatic heterocycles. The van der Waals surface area contributed by atoms with Crippen molar-refractivity contribution in [2.75, 3.05) is 0 Å². The van der Waals surface area contributed by atoms with Crippen LogP contribution in [0.5, 0.6) is 0 Å². The SMILES string of the molecule is NC1CCCC1CCn1cccnc1=O. The molecular formula is C11H17N3O. The summed E-state index contributed by atoms with van der Waals surface area (Å²) in [5.41, 5.74) is 5.82. The first kappa shape index (κ1) is 10.4. The normalized spacial score (nSPS) is 25.7. The predicted octanol–water partition coefficient (Wildman–Crippen LogP) is 0.761. The Morgan fingerprint density at radius 1 is 1.53 bits per heavy atom. The first-order chi connectivity index (χ1) is 7.27. The topological polar surface area (TPSA) is 60.9 Å². The highest BCUT2D eigenvalue weighted by molar-refractivity contribution is 4.83. The van der Waals surface area contributed by atoms with Crippen LogP contribution in [0.3, 0.4) is 0 Å². The highest BCUT2D eigenvalue weighted by atomic mass is 16.1. The summed E-state index contributed by atoms with van der Waals surface area (Å²) in [4.78, 5) is 15.0. The molecule has 15 heavy (non-hydrogen) atoms. The number of nitrogens with zero attached hydrogens (tertiary/aromatic N) is 2. The van der Waals surface area contributed by atoms with Crippen LogP contribution in [0.25, 0.3) is 0 Å². The van der Waals surface area contributed by atoms with Crippen molar-refractivity contribution in [1.29, 1.82) is 0 Å². The van der Waals surface area contributed by atoms with Gasteiger partial charge in [-0.1, -0.05) is 6.42 Å². The van der Waals surface area contributed by atoms with Crippen molar-refractivity contribution in [2.45, 2.75) is 38.3 Å². The molecule has 0 aromatic carbocycles. The van der Waals surface area contributed by atoms with E-state index in [0.717, 1.165) is 19.4 Å². The number of hydrogen-bond donors (Lipinski definition) is 1. The highest BCUT2D eigenvalue weighted by Crippen LogP contribution is 2.26. The van der Waals surface area contributed by atoms with Gasteiger partial charge in [-0.15, -0.1) is 0 Å². The van der Waals surface area contributed by atoms with Crippen LogP contribution < -0.4 is 11.4 Å². The second-order valence-corrected chi connectivity index (χ2v) is 4.24. The van der Waals surface area contributed by atoms with Crippen LogP contribution in [0.2, 0.25) is 0 Å². The molecule has 4 nitrogen and oxygen atoms in total. The van der Waals surface area contributed by atoms with E-state index in [0.29, 0.717) is 12.0 Å². The Balaban J connectivity index is 1.93. The van der Waals surface area contributed by atoms with Gasteiger partial charge in [0, 0.05) is 25.0 Å². The zero-order valence-corrected chi connectivity index (χ0v) is 8.80. The molecule has 1 saturated carbocycles. The maximum Gasteiger partial charge on any atom is 0.347 e. The van der Waals surface area contributed by atoms with Crippen LogP contribution in [0.4, 0.5) is 0 Å². The van der Waals surface area contributed by atoms with Crippen LogP contribution in [0, 0.1) is 5.92 Å². The largest absolute Gasteiger partial charge is 0.347 e. The molecule has 1 aromatic rings. The lowest BCUT2D eigenvalue weighted by molar-refractivity contribution is 0.410. The quantitative estimate of drug-likeness (QED) is 0.796. The Kier molecular flexibility index (Phi) is 3.16. The fourth-order valence-electron chi connectivity index (χ4n) is 2.29. The molecule has 0 saturated heterocycles. The Morgan fingerprint density at radius 2 is 2.40 bits per heavy atom.